The summed E-state index contributed by atoms with van der Waals surface area (Å²) in [5.41, 5.74) is 0.612. The zero-order chi connectivity index (χ0) is 15.6. The van der Waals surface area contributed by atoms with Gasteiger partial charge in [-0.1, -0.05) is 34.1 Å². The number of hydrogen-bond acceptors (Lipinski definition) is 5. The van der Waals surface area contributed by atoms with Crippen molar-refractivity contribution in [3.63, 3.8) is 0 Å². The average molecular weight is 356 g/mol. The van der Waals surface area contributed by atoms with Gasteiger partial charge in [-0.15, -0.1) is 13.2 Å². The van der Waals surface area contributed by atoms with E-state index in [-0.39, 0.29) is 15.5 Å². The summed E-state index contributed by atoms with van der Waals surface area (Å²) in [6.07, 6.45) is -4.72. The lowest BCUT2D eigenvalue weighted by Gasteiger charge is -2.18. The largest absolute Gasteiger partial charge is 0.573 e. The van der Waals surface area contributed by atoms with Crippen LogP contribution in [0.4, 0.5) is 18.2 Å². The minimum absolute atomic E-state index is 0.134. The lowest BCUT2D eigenvalue weighted by Crippen LogP contribution is -2.18. The monoisotopic (exact) mass is 355 g/mol. The van der Waals surface area contributed by atoms with Crippen molar-refractivity contribution in [1.82, 2.24) is 0 Å². The molecule has 1 aromatic carbocycles. The molecule has 0 N–H and O–H groups in total. The lowest BCUT2D eigenvalue weighted by atomic mass is 10.2. The second-order valence-electron chi connectivity index (χ2n) is 4.12. The molecule has 0 unspecified atom stereocenters. The highest BCUT2D eigenvalue weighted by Crippen LogP contribution is 2.32. The Balaban J connectivity index is 2.14. The third-order valence-corrected chi connectivity index (χ3v) is 5.33. The number of alkyl halides is 3. The van der Waals surface area contributed by atoms with Crippen LogP contribution in [0.15, 0.2) is 29.1 Å². The molecular weight excluding hydrogens is 347 g/mol. The van der Waals surface area contributed by atoms with Crippen molar-refractivity contribution in [1.29, 1.82) is 0 Å². The molecule has 0 bridgehead atoms. The normalized spacial score (nSPS) is 11.5. The van der Waals surface area contributed by atoms with Crippen molar-refractivity contribution in [3.8, 4) is 5.75 Å². The van der Waals surface area contributed by atoms with Crippen LogP contribution in [0.1, 0.15) is 5.56 Å². The summed E-state index contributed by atoms with van der Waals surface area (Å²) in [7, 11) is 3.96. The predicted molar refractivity (Wildman–Crippen MR) is 78.7 cm³/mol. The highest BCUT2D eigenvalue weighted by molar-refractivity contribution is 7.70. The molecule has 1 heterocycles. The molecule has 0 radical (unpaired) electrons. The fourth-order valence-corrected chi connectivity index (χ4v) is 4.40. The van der Waals surface area contributed by atoms with Crippen LogP contribution in [-0.2, 0) is 6.54 Å². The Morgan fingerprint density at radius 2 is 2.05 bits per heavy atom. The molecule has 9 heteroatoms. The van der Waals surface area contributed by atoms with Gasteiger partial charge in [0.05, 0.1) is 0 Å². The standard InChI is InChI=1S/C12H9ClF3NO2S2/c1-17(10-9(13)11(18)21-20-10)6-7-3-2-4-8(5-7)19-12(14,15)16/h2-5H,6H2,1H3. The Labute approximate surface area is 130 Å². The molecule has 1 aromatic heterocycles. The lowest BCUT2D eigenvalue weighted by molar-refractivity contribution is -0.274. The van der Waals surface area contributed by atoms with E-state index in [4.69, 9.17) is 11.6 Å². The van der Waals surface area contributed by atoms with Crippen LogP contribution in [-0.4, -0.2) is 13.4 Å². The Kier molecular flexibility index (Phi) is 4.80. The molecule has 0 fully saturated rings. The Hall–Kier alpha value is -1.25. The van der Waals surface area contributed by atoms with E-state index >= 15 is 0 Å². The maximum absolute atomic E-state index is 12.2. The van der Waals surface area contributed by atoms with Crippen molar-refractivity contribution in [2.75, 3.05) is 11.9 Å². The summed E-state index contributed by atoms with van der Waals surface area (Å²) in [4.78, 5) is 13.0. The van der Waals surface area contributed by atoms with Gasteiger partial charge in [0.15, 0.2) is 0 Å². The van der Waals surface area contributed by atoms with Crippen LogP contribution in [0.5, 0.6) is 5.75 Å². The molecule has 2 aromatic rings. The van der Waals surface area contributed by atoms with E-state index in [9.17, 15) is 18.0 Å². The number of rotatable bonds is 4. The summed E-state index contributed by atoms with van der Waals surface area (Å²) in [6, 6.07) is 5.67. The number of hydrogen-bond donors (Lipinski definition) is 0. The van der Waals surface area contributed by atoms with Gasteiger partial charge < -0.3 is 9.64 Å². The van der Waals surface area contributed by atoms with Crippen LogP contribution in [0.25, 0.3) is 0 Å². The van der Waals surface area contributed by atoms with Gasteiger partial charge in [0.2, 0.25) is 0 Å². The van der Waals surface area contributed by atoms with E-state index in [1.54, 1.807) is 18.0 Å². The average Bonchev–Trinajstić information content (AvgIpc) is 2.68. The number of benzene rings is 1. The van der Waals surface area contributed by atoms with Gasteiger partial charge in [-0.05, 0) is 28.0 Å². The molecule has 0 aliphatic heterocycles. The van der Waals surface area contributed by atoms with Crippen molar-refractivity contribution < 1.29 is 17.9 Å². The van der Waals surface area contributed by atoms with Crippen molar-refractivity contribution >= 4 is 37.3 Å². The maximum atomic E-state index is 12.2. The van der Waals surface area contributed by atoms with Crippen LogP contribution >= 0.6 is 32.3 Å². The highest BCUT2D eigenvalue weighted by Gasteiger charge is 2.31. The van der Waals surface area contributed by atoms with E-state index in [1.807, 2.05) is 0 Å². The third kappa shape index (κ3) is 4.36. The topological polar surface area (TPSA) is 29.5 Å². The van der Waals surface area contributed by atoms with Crippen LogP contribution in [0, 0.1) is 0 Å². The summed E-state index contributed by atoms with van der Waals surface area (Å²) in [5.74, 6) is -0.280. The zero-order valence-corrected chi connectivity index (χ0v) is 13.0. The first kappa shape index (κ1) is 16.1. The molecule has 0 saturated heterocycles. The van der Waals surface area contributed by atoms with E-state index in [0.717, 1.165) is 10.3 Å². The van der Waals surface area contributed by atoms with Gasteiger partial charge in [-0.3, -0.25) is 4.79 Å². The Bertz CT molecular complexity index is 684. The van der Waals surface area contributed by atoms with Crippen molar-refractivity contribution in [2.45, 2.75) is 12.9 Å². The van der Waals surface area contributed by atoms with Gasteiger partial charge in [0.25, 0.3) is 4.74 Å². The third-order valence-electron chi connectivity index (χ3n) is 2.46. The minimum atomic E-state index is -4.72. The fraction of sp³-hybridized carbons (Fsp3) is 0.250. The van der Waals surface area contributed by atoms with Gasteiger partial charge in [-0.25, -0.2) is 0 Å². The minimum Gasteiger partial charge on any atom is -0.406 e. The fourth-order valence-electron chi connectivity index (χ4n) is 1.66. The van der Waals surface area contributed by atoms with Crippen molar-refractivity contribution in [2.24, 2.45) is 0 Å². The first-order chi connectivity index (χ1) is 9.76. The first-order valence-corrected chi connectivity index (χ1v) is 8.13. The predicted octanol–water partition coefficient (Wildman–Crippen LogP) is 4.36. The maximum Gasteiger partial charge on any atom is 0.573 e. The van der Waals surface area contributed by atoms with E-state index < -0.39 is 6.36 Å². The number of nitrogens with zero attached hydrogens (tertiary/aromatic N) is 1. The molecular formula is C12H9ClF3NO2S2. The van der Waals surface area contributed by atoms with Crippen LogP contribution in [0.3, 0.4) is 0 Å². The van der Waals surface area contributed by atoms with E-state index in [0.29, 0.717) is 17.1 Å². The summed E-state index contributed by atoms with van der Waals surface area (Å²) < 4.78 is 40.2. The molecule has 0 saturated carbocycles. The van der Waals surface area contributed by atoms with Gasteiger partial charge in [-0.2, -0.15) is 0 Å². The van der Waals surface area contributed by atoms with Gasteiger partial charge >= 0.3 is 6.36 Å². The number of halogens is 4. The molecule has 2 rings (SSSR count). The summed E-state index contributed by atoms with van der Waals surface area (Å²) in [5, 5.41) is 0.726. The quantitative estimate of drug-likeness (QED) is 0.763. The molecule has 0 aliphatic rings. The second-order valence-corrected chi connectivity index (χ2v) is 6.59. The zero-order valence-electron chi connectivity index (χ0n) is 10.6. The van der Waals surface area contributed by atoms with E-state index in [1.165, 1.54) is 28.5 Å². The van der Waals surface area contributed by atoms with Gasteiger partial charge in [0.1, 0.15) is 15.8 Å². The second kappa shape index (κ2) is 6.25. The van der Waals surface area contributed by atoms with Crippen LogP contribution < -0.4 is 14.4 Å². The number of ether oxygens (including phenoxy) is 1. The molecule has 0 aliphatic carbocycles. The number of anilines is 1. The molecule has 3 nitrogen and oxygen atoms in total. The molecule has 0 atom stereocenters. The van der Waals surface area contributed by atoms with Crippen molar-refractivity contribution in [3.05, 3.63) is 44.4 Å². The SMILES string of the molecule is CN(Cc1cccc(OC(F)(F)F)c1)c1ssc(=O)c1Cl. The smallest absolute Gasteiger partial charge is 0.406 e. The first-order valence-electron chi connectivity index (χ1n) is 5.61. The molecule has 114 valence electrons. The van der Waals surface area contributed by atoms with E-state index in [2.05, 4.69) is 4.74 Å². The molecule has 21 heavy (non-hydrogen) atoms. The summed E-state index contributed by atoms with van der Waals surface area (Å²) in [6.45, 7) is 0.307. The summed E-state index contributed by atoms with van der Waals surface area (Å²) >= 11 is 5.88. The molecule has 0 spiro atoms. The highest BCUT2D eigenvalue weighted by atomic mass is 35.5. The van der Waals surface area contributed by atoms with Gasteiger partial charge in [0, 0.05) is 13.6 Å². The Morgan fingerprint density at radius 3 is 2.62 bits per heavy atom. The molecule has 0 amide bonds. The Morgan fingerprint density at radius 1 is 1.33 bits per heavy atom. The van der Waals surface area contributed by atoms with Crippen LogP contribution in [0.2, 0.25) is 5.02 Å².